The molecule has 4 rings (SSSR count). The van der Waals surface area contributed by atoms with Crippen molar-refractivity contribution in [1.29, 1.82) is 0 Å². The molecule has 1 aromatic heterocycles. The molecule has 2 aromatic carbocycles. The number of rotatable bonds is 5. The van der Waals surface area contributed by atoms with Gasteiger partial charge in [0.1, 0.15) is 11.5 Å². The molecule has 6 heteroatoms. The smallest absolute Gasteiger partial charge is 0.300 e. The molecule has 6 nitrogen and oxygen atoms in total. The number of carbonyl (C=O) groups is 2. The summed E-state index contributed by atoms with van der Waals surface area (Å²) in [5.41, 5.74) is 2.70. The quantitative estimate of drug-likeness (QED) is 0.380. The first-order valence-electron chi connectivity index (χ1n) is 10.0. The van der Waals surface area contributed by atoms with E-state index >= 15 is 0 Å². The molecular weight excluding hydrogens is 392 g/mol. The largest absolute Gasteiger partial charge is 0.507 e. The molecule has 1 aliphatic rings. The van der Waals surface area contributed by atoms with Crippen LogP contribution in [0.2, 0.25) is 0 Å². The summed E-state index contributed by atoms with van der Waals surface area (Å²) in [6, 6.07) is 16.8. The maximum absolute atomic E-state index is 13.1. The molecule has 2 heterocycles. The molecule has 31 heavy (non-hydrogen) atoms. The van der Waals surface area contributed by atoms with Crippen LogP contribution in [0.4, 0.5) is 5.69 Å². The lowest BCUT2D eigenvalue weighted by Gasteiger charge is -2.25. The van der Waals surface area contributed by atoms with Crippen LogP contribution in [-0.2, 0) is 9.59 Å². The lowest BCUT2D eigenvalue weighted by Crippen LogP contribution is -2.29. The normalized spacial score (nSPS) is 17.7. The van der Waals surface area contributed by atoms with E-state index in [4.69, 9.17) is 4.74 Å². The topological polar surface area (TPSA) is 79.7 Å². The highest BCUT2D eigenvalue weighted by atomic mass is 16.5. The van der Waals surface area contributed by atoms with Gasteiger partial charge in [-0.25, -0.2) is 0 Å². The minimum absolute atomic E-state index is 0.0377. The molecule has 1 aliphatic heterocycles. The first kappa shape index (κ1) is 20.3. The number of ether oxygens (including phenoxy) is 1. The van der Waals surface area contributed by atoms with Gasteiger partial charge in [-0.15, -0.1) is 0 Å². The third kappa shape index (κ3) is 3.80. The monoisotopic (exact) mass is 414 g/mol. The summed E-state index contributed by atoms with van der Waals surface area (Å²) in [7, 11) is 0. The molecule has 1 N–H and O–H groups in total. The van der Waals surface area contributed by atoms with Crippen molar-refractivity contribution >= 4 is 23.1 Å². The Morgan fingerprint density at radius 2 is 1.77 bits per heavy atom. The van der Waals surface area contributed by atoms with Crippen LogP contribution in [0.15, 0.2) is 78.6 Å². The average Bonchev–Trinajstić information content (AvgIpc) is 3.06. The van der Waals surface area contributed by atoms with E-state index in [0.717, 1.165) is 5.56 Å². The minimum atomic E-state index is -0.798. The van der Waals surface area contributed by atoms with E-state index in [0.29, 0.717) is 29.2 Å². The highest BCUT2D eigenvalue weighted by molar-refractivity contribution is 6.51. The van der Waals surface area contributed by atoms with E-state index < -0.39 is 17.7 Å². The highest BCUT2D eigenvalue weighted by Crippen LogP contribution is 2.42. The van der Waals surface area contributed by atoms with Crippen molar-refractivity contribution in [2.24, 2.45) is 0 Å². The van der Waals surface area contributed by atoms with Crippen LogP contribution >= 0.6 is 0 Å². The number of nitrogens with zero attached hydrogens (tertiary/aromatic N) is 2. The van der Waals surface area contributed by atoms with Crippen molar-refractivity contribution < 1.29 is 19.4 Å². The van der Waals surface area contributed by atoms with E-state index in [-0.39, 0.29) is 11.3 Å². The molecule has 1 amide bonds. The van der Waals surface area contributed by atoms with Gasteiger partial charge in [0.05, 0.1) is 18.2 Å². The number of ketones is 1. The first-order valence-corrected chi connectivity index (χ1v) is 10.0. The van der Waals surface area contributed by atoms with Gasteiger partial charge in [-0.1, -0.05) is 35.9 Å². The van der Waals surface area contributed by atoms with Crippen LogP contribution in [-0.4, -0.2) is 28.4 Å². The van der Waals surface area contributed by atoms with E-state index in [1.54, 1.807) is 60.9 Å². The van der Waals surface area contributed by atoms with Crippen molar-refractivity contribution in [3.63, 3.8) is 0 Å². The molecule has 0 aliphatic carbocycles. The van der Waals surface area contributed by atoms with Crippen LogP contribution in [0.5, 0.6) is 5.75 Å². The van der Waals surface area contributed by atoms with Gasteiger partial charge in [0.15, 0.2) is 0 Å². The molecule has 1 atom stereocenters. The molecule has 1 saturated heterocycles. The summed E-state index contributed by atoms with van der Waals surface area (Å²) in [6.45, 7) is 4.35. The van der Waals surface area contributed by atoms with Crippen LogP contribution < -0.4 is 9.64 Å². The molecule has 0 radical (unpaired) electrons. The Balaban J connectivity index is 1.87. The molecule has 0 saturated carbocycles. The summed E-state index contributed by atoms with van der Waals surface area (Å²) in [5.74, 6) is -0.978. The fourth-order valence-corrected chi connectivity index (χ4v) is 3.69. The van der Waals surface area contributed by atoms with Gasteiger partial charge in [-0.3, -0.25) is 19.5 Å². The molecule has 0 spiro atoms. The molecule has 0 bridgehead atoms. The second-order valence-electron chi connectivity index (χ2n) is 7.25. The second kappa shape index (κ2) is 8.44. The van der Waals surface area contributed by atoms with Crippen molar-refractivity contribution in [3.8, 4) is 5.75 Å². The van der Waals surface area contributed by atoms with Gasteiger partial charge in [0.25, 0.3) is 11.7 Å². The van der Waals surface area contributed by atoms with E-state index in [1.807, 2.05) is 26.0 Å². The summed E-state index contributed by atoms with van der Waals surface area (Å²) < 4.78 is 5.48. The van der Waals surface area contributed by atoms with Gasteiger partial charge in [-0.05, 0) is 49.7 Å². The number of aliphatic hydroxyl groups is 1. The van der Waals surface area contributed by atoms with Crippen molar-refractivity contribution in [3.05, 3.63) is 95.3 Å². The van der Waals surface area contributed by atoms with E-state index in [1.165, 1.54) is 4.90 Å². The SMILES string of the molecule is CCOc1ccc(N2C(=O)C(=O)/C(=C(\O)c3ccc(C)cc3)C2c2cccnc2)cc1. The van der Waals surface area contributed by atoms with Gasteiger partial charge in [0.2, 0.25) is 0 Å². The van der Waals surface area contributed by atoms with Crippen LogP contribution in [0, 0.1) is 6.92 Å². The Labute approximate surface area is 180 Å². The lowest BCUT2D eigenvalue weighted by molar-refractivity contribution is -0.132. The third-order valence-electron chi connectivity index (χ3n) is 5.20. The Morgan fingerprint density at radius 1 is 1.06 bits per heavy atom. The average molecular weight is 414 g/mol. The Morgan fingerprint density at radius 3 is 2.39 bits per heavy atom. The number of hydrogen-bond donors (Lipinski definition) is 1. The van der Waals surface area contributed by atoms with Gasteiger partial charge >= 0.3 is 0 Å². The number of benzene rings is 2. The predicted molar refractivity (Wildman–Crippen MR) is 118 cm³/mol. The maximum Gasteiger partial charge on any atom is 0.300 e. The number of aryl methyl sites for hydroxylation is 1. The van der Waals surface area contributed by atoms with Gasteiger partial charge in [0, 0.05) is 23.6 Å². The second-order valence-corrected chi connectivity index (χ2v) is 7.25. The number of anilines is 1. The van der Waals surface area contributed by atoms with Crippen molar-refractivity contribution in [2.45, 2.75) is 19.9 Å². The Kier molecular flexibility index (Phi) is 5.54. The summed E-state index contributed by atoms with van der Waals surface area (Å²) in [6.07, 6.45) is 3.22. The van der Waals surface area contributed by atoms with E-state index in [9.17, 15) is 14.7 Å². The number of Topliss-reactive ketones (excluding diaryl/α,β-unsaturated/α-hetero) is 1. The minimum Gasteiger partial charge on any atom is -0.507 e. The van der Waals surface area contributed by atoms with Gasteiger partial charge < -0.3 is 9.84 Å². The lowest BCUT2D eigenvalue weighted by atomic mass is 9.96. The first-order chi connectivity index (χ1) is 15.0. The number of aromatic nitrogens is 1. The molecule has 1 fully saturated rings. The third-order valence-corrected chi connectivity index (χ3v) is 5.20. The standard InChI is InChI=1S/C25H22N2O4/c1-3-31-20-12-10-19(11-13-20)27-22(18-5-4-14-26-15-18)21(24(29)25(27)30)23(28)17-8-6-16(2)7-9-17/h4-15,22,28H,3H2,1-2H3/b23-21-. The van der Waals surface area contributed by atoms with Crippen molar-refractivity contribution in [2.75, 3.05) is 11.5 Å². The summed E-state index contributed by atoms with van der Waals surface area (Å²) in [5, 5.41) is 11.0. The fraction of sp³-hybridized carbons (Fsp3) is 0.160. The molecule has 3 aromatic rings. The summed E-state index contributed by atoms with van der Waals surface area (Å²) >= 11 is 0. The predicted octanol–water partition coefficient (Wildman–Crippen LogP) is 4.42. The molecule has 1 unspecified atom stereocenters. The van der Waals surface area contributed by atoms with Gasteiger partial charge in [-0.2, -0.15) is 0 Å². The maximum atomic E-state index is 13.1. The fourth-order valence-electron chi connectivity index (χ4n) is 3.69. The number of pyridine rings is 1. The van der Waals surface area contributed by atoms with Crippen molar-refractivity contribution in [1.82, 2.24) is 4.98 Å². The number of aliphatic hydroxyl groups excluding tert-OH is 1. The Bertz CT molecular complexity index is 1140. The van der Waals surface area contributed by atoms with Crippen LogP contribution in [0.1, 0.15) is 29.7 Å². The zero-order valence-electron chi connectivity index (χ0n) is 17.3. The van der Waals surface area contributed by atoms with E-state index in [2.05, 4.69) is 4.98 Å². The van der Waals surface area contributed by atoms with Crippen LogP contribution in [0.25, 0.3) is 5.76 Å². The molecular formula is C25H22N2O4. The Hall–Kier alpha value is -3.93. The number of amides is 1. The zero-order chi connectivity index (χ0) is 22.0. The van der Waals surface area contributed by atoms with Crippen LogP contribution in [0.3, 0.4) is 0 Å². The number of hydrogen-bond acceptors (Lipinski definition) is 5. The summed E-state index contributed by atoms with van der Waals surface area (Å²) in [4.78, 5) is 31.7. The zero-order valence-corrected chi connectivity index (χ0v) is 17.3. The highest BCUT2D eigenvalue weighted by Gasteiger charge is 2.47. The number of carbonyl (C=O) groups excluding carboxylic acids is 2. The molecule has 156 valence electrons.